The van der Waals surface area contributed by atoms with E-state index in [1.54, 1.807) is 36.3 Å². The van der Waals surface area contributed by atoms with Crippen LogP contribution in [-0.4, -0.2) is 24.7 Å². The first-order valence-electron chi connectivity index (χ1n) is 7.88. The zero-order chi connectivity index (χ0) is 17.6. The Bertz CT molecular complexity index is 849. The molecule has 0 aliphatic rings. The van der Waals surface area contributed by atoms with Crippen LogP contribution in [0.15, 0.2) is 53.9 Å². The zero-order valence-corrected chi connectivity index (χ0v) is 14.5. The van der Waals surface area contributed by atoms with Gasteiger partial charge in [0.15, 0.2) is 11.0 Å². The van der Waals surface area contributed by atoms with Crippen molar-refractivity contribution in [2.24, 2.45) is 0 Å². The Morgan fingerprint density at radius 1 is 1.12 bits per heavy atom. The van der Waals surface area contributed by atoms with Crippen molar-refractivity contribution in [3.8, 4) is 11.4 Å². The Balaban J connectivity index is 1.78. The lowest BCUT2D eigenvalue weighted by molar-refractivity contribution is -0.384. The number of thioether (sulfide) groups is 1. The number of rotatable bonds is 7. The van der Waals surface area contributed by atoms with E-state index in [0.29, 0.717) is 5.75 Å². The molecule has 0 bridgehead atoms. The van der Waals surface area contributed by atoms with Crippen molar-refractivity contribution in [3.05, 3.63) is 64.5 Å². The van der Waals surface area contributed by atoms with Gasteiger partial charge < -0.3 is 4.57 Å². The molecule has 128 valence electrons. The Morgan fingerprint density at radius 2 is 1.84 bits per heavy atom. The summed E-state index contributed by atoms with van der Waals surface area (Å²) < 4.78 is 2.10. The van der Waals surface area contributed by atoms with Crippen molar-refractivity contribution >= 4 is 17.4 Å². The lowest BCUT2D eigenvalue weighted by Gasteiger charge is -2.08. The van der Waals surface area contributed by atoms with Crippen LogP contribution < -0.4 is 0 Å². The van der Waals surface area contributed by atoms with Crippen molar-refractivity contribution in [3.63, 3.8) is 0 Å². The van der Waals surface area contributed by atoms with Gasteiger partial charge in [-0.05, 0) is 24.1 Å². The quantitative estimate of drug-likeness (QED) is 0.362. The van der Waals surface area contributed by atoms with E-state index in [1.807, 2.05) is 12.1 Å². The molecule has 2 aromatic heterocycles. The summed E-state index contributed by atoms with van der Waals surface area (Å²) >= 11 is 1.57. The second kappa shape index (κ2) is 7.89. The third-order valence-electron chi connectivity index (χ3n) is 3.62. The molecule has 0 aliphatic carbocycles. The predicted octanol–water partition coefficient (Wildman–Crippen LogP) is 3.95. The molecule has 0 saturated heterocycles. The van der Waals surface area contributed by atoms with Crippen LogP contribution >= 0.6 is 11.8 Å². The standard InChI is InChI=1S/C17H17N5O2S/c1-2-11-21-16(14-7-9-18-10-8-14)19-20-17(21)25-12-13-3-5-15(6-4-13)22(23)24/h3-10H,2,11-12H2,1H3. The van der Waals surface area contributed by atoms with Gasteiger partial charge in [-0.1, -0.05) is 30.8 Å². The van der Waals surface area contributed by atoms with Gasteiger partial charge in [-0.3, -0.25) is 15.1 Å². The number of pyridine rings is 1. The van der Waals surface area contributed by atoms with Gasteiger partial charge in [0.1, 0.15) is 0 Å². The lowest BCUT2D eigenvalue weighted by atomic mass is 10.2. The first-order chi connectivity index (χ1) is 12.2. The van der Waals surface area contributed by atoms with E-state index in [4.69, 9.17) is 0 Å². The average molecular weight is 355 g/mol. The maximum Gasteiger partial charge on any atom is 0.269 e. The Kier molecular flexibility index (Phi) is 5.39. The molecule has 3 aromatic rings. The summed E-state index contributed by atoms with van der Waals surface area (Å²) in [7, 11) is 0. The molecule has 2 heterocycles. The Labute approximate surface area is 149 Å². The van der Waals surface area contributed by atoms with Gasteiger partial charge in [0.05, 0.1) is 4.92 Å². The molecule has 0 N–H and O–H groups in total. The van der Waals surface area contributed by atoms with Crippen molar-refractivity contribution in [1.29, 1.82) is 0 Å². The molecule has 1 aromatic carbocycles. The molecule has 0 spiro atoms. The zero-order valence-electron chi connectivity index (χ0n) is 13.7. The molecular weight excluding hydrogens is 338 g/mol. The minimum Gasteiger partial charge on any atom is -0.302 e. The minimum absolute atomic E-state index is 0.0999. The molecule has 0 fully saturated rings. The fourth-order valence-corrected chi connectivity index (χ4v) is 3.32. The molecule has 0 saturated carbocycles. The molecular formula is C17H17N5O2S. The summed E-state index contributed by atoms with van der Waals surface area (Å²) in [6.45, 7) is 2.94. The minimum atomic E-state index is -0.393. The maximum absolute atomic E-state index is 10.7. The van der Waals surface area contributed by atoms with Crippen molar-refractivity contribution in [1.82, 2.24) is 19.7 Å². The van der Waals surface area contributed by atoms with Crippen LogP contribution in [-0.2, 0) is 12.3 Å². The summed E-state index contributed by atoms with van der Waals surface area (Å²) in [5.74, 6) is 1.51. The van der Waals surface area contributed by atoms with Gasteiger partial charge in [0, 0.05) is 42.4 Å². The number of non-ortho nitro benzene ring substituents is 1. The number of aromatic nitrogens is 4. The summed E-state index contributed by atoms with van der Waals surface area (Å²) in [5, 5.41) is 20.2. The summed E-state index contributed by atoms with van der Waals surface area (Å²) in [4.78, 5) is 14.4. The van der Waals surface area contributed by atoms with Crippen LogP contribution in [0.3, 0.4) is 0 Å². The smallest absolute Gasteiger partial charge is 0.269 e. The van der Waals surface area contributed by atoms with Gasteiger partial charge in [0.2, 0.25) is 0 Å². The van der Waals surface area contributed by atoms with Crippen molar-refractivity contribution < 1.29 is 4.92 Å². The van der Waals surface area contributed by atoms with Crippen LogP contribution in [0, 0.1) is 10.1 Å². The van der Waals surface area contributed by atoms with Gasteiger partial charge >= 0.3 is 0 Å². The first-order valence-corrected chi connectivity index (χ1v) is 8.87. The van der Waals surface area contributed by atoms with Crippen LogP contribution in [0.1, 0.15) is 18.9 Å². The highest BCUT2D eigenvalue weighted by Gasteiger charge is 2.14. The second-order valence-electron chi connectivity index (χ2n) is 5.41. The Morgan fingerprint density at radius 3 is 2.48 bits per heavy atom. The third kappa shape index (κ3) is 4.03. The number of nitro benzene ring substituents is 1. The average Bonchev–Trinajstić information content (AvgIpc) is 3.04. The molecule has 0 unspecified atom stereocenters. The van der Waals surface area contributed by atoms with Crippen LogP contribution in [0.4, 0.5) is 5.69 Å². The molecule has 25 heavy (non-hydrogen) atoms. The van der Waals surface area contributed by atoms with Gasteiger partial charge in [-0.15, -0.1) is 10.2 Å². The highest BCUT2D eigenvalue weighted by atomic mass is 32.2. The normalized spacial score (nSPS) is 10.8. The van der Waals surface area contributed by atoms with E-state index in [0.717, 1.165) is 35.1 Å². The summed E-state index contributed by atoms with van der Waals surface area (Å²) in [5.41, 5.74) is 2.09. The summed E-state index contributed by atoms with van der Waals surface area (Å²) in [6, 6.07) is 10.4. The monoisotopic (exact) mass is 355 g/mol. The summed E-state index contributed by atoms with van der Waals surface area (Å²) in [6.07, 6.45) is 4.45. The van der Waals surface area contributed by atoms with E-state index in [2.05, 4.69) is 26.7 Å². The molecule has 0 atom stereocenters. The molecule has 0 amide bonds. The van der Waals surface area contributed by atoms with Crippen LogP contribution in [0.5, 0.6) is 0 Å². The van der Waals surface area contributed by atoms with E-state index >= 15 is 0 Å². The van der Waals surface area contributed by atoms with E-state index in [1.165, 1.54) is 12.1 Å². The highest BCUT2D eigenvalue weighted by Crippen LogP contribution is 2.27. The number of nitro groups is 1. The fraction of sp³-hybridized carbons (Fsp3) is 0.235. The molecule has 0 aliphatic heterocycles. The predicted molar refractivity (Wildman–Crippen MR) is 96.2 cm³/mol. The van der Waals surface area contributed by atoms with Crippen LogP contribution in [0.2, 0.25) is 0 Å². The Hall–Kier alpha value is -2.74. The first kappa shape index (κ1) is 17.1. The maximum atomic E-state index is 10.7. The SMILES string of the molecule is CCCn1c(SCc2ccc([N+](=O)[O-])cc2)nnc1-c1ccncc1. The largest absolute Gasteiger partial charge is 0.302 e. The number of benzene rings is 1. The van der Waals surface area contributed by atoms with Crippen molar-refractivity contribution in [2.75, 3.05) is 0 Å². The van der Waals surface area contributed by atoms with Crippen LogP contribution in [0.25, 0.3) is 11.4 Å². The van der Waals surface area contributed by atoms with E-state index < -0.39 is 4.92 Å². The fourth-order valence-electron chi connectivity index (χ4n) is 2.40. The number of nitrogens with zero attached hydrogens (tertiary/aromatic N) is 5. The third-order valence-corrected chi connectivity index (χ3v) is 4.66. The lowest BCUT2D eigenvalue weighted by Crippen LogP contribution is -2.02. The van der Waals surface area contributed by atoms with Gasteiger partial charge in [-0.2, -0.15) is 0 Å². The molecule has 3 rings (SSSR count). The van der Waals surface area contributed by atoms with Gasteiger partial charge in [0.25, 0.3) is 5.69 Å². The van der Waals surface area contributed by atoms with E-state index in [9.17, 15) is 10.1 Å². The topological polar surface area (TPSA) is 86.7 Å². The molecule has 7 nitrogen and oxygen atoms in total. The number of hydrogen-bond donors (Lipinski definition) is 0. The second-order valence-corrected chi connectivity index (χ2v) is 6.35. The molecule has 8 heteroatoms. The van der Waals surface area contributed by atoms with E-state index in [-0.39, 0.29) is 5.69 Å². The molecule has 0 radical (unpaired) electrons. The van der Waals surface area contributed by atoms with Gasteiger partial charge in [-0.25, -0.2) is 0 Å². The highest BCUT2D eigenvalue weighted by molar-refractivity contribution is 7.98. The number of hydrogen-bond acceptors (Lipinski definition) is 6. The van der Waals surface area contributed by atoms with Crippen molar-refractivity contribution in [2.45, 2.75) is 30.8 Å².